The number of phenolic OH excluding ortho intramolecular Hbond substituents is 1. The van der Waals surface area contributed by atoms with Gasteiger partial charge in [0.25, 0.3) is 5.91 Å². The lowest BCUT2D eigenvalue weighted by Gasteiger charge is -2.59. The Labute approximate surface area is 122 Å². The van der Waals surface area contributed by atoms with Crippen LogP contribution in [0.25, 0.3) is 0 Å². The molecule has 116 valence electrons. The number of methoxy groups -OCH3 is 1. The third-order valence-electron chi connectivity index (χ3n) is 4.88. The summed E-state index contributed by atoms with van der Waals surface area (Å²) in [6.07, 6.45) is 0.546. The fraction of sp³-hybridized carbons (Fsp3) is 0.533. The highest BCUT2D eigenvalue weighted by molar-refractivity contribution is 5.95. The second-order valence-corrected chi connectivity index (χ2v) is 6.14. The second-order valence-electron chi connectivity index (χ2n) is 6.14. The van der Waals surface area contributed by atoms with Crippen molar-refractivity contribution in [3.63, 3.8) is 0 Å². The summed E-state index contributed by atoms with van der Waals surface area (Å²) in [5.74, 6) is -3.89. The SMILES string of the molecule is CO[C@]1(C)C[C@H](NC(=O)c2c(F)ccc(O)c2F)C1(C)C. The summed E-state index contributed by atoms with van der Waals surface area (Å²) < 4.78 is 32.8. The van der Waals surface area contributed by atoms with Crippen LogP contribution in [0.15, 0.2) is 12.1 Å². The van der Waals surface area contributed by atoms with Gasteiger partial charge < -0.3 is 15.2 Å². The lowest BCUT2D eigenvalue weighted by molar-refractivity contribution is -0.177. The molecule has 1 amide bonds. The quantitative estimate of drug-likeness (QED) is 0.902. The van der Waals surface area contributed by atoms with Gasteiger partial charge in [-0.3, -0.25) is 4.79 Å². The Morgan fingerprint density at radius 1 is 1.38 bits per heavy atom. The van der Waals surface area contributed by atoms with Crippen LogP contribution >= 0.6 is 0 Å². The highest BCUT2D eigenvalue weighted by Crippen LogP contribution is 2.51. The van der Waals surface area contributed by atoms with Crippen molar-refractivity contribution in [2.45, 2.75) is 38.8 Å². The molecule has 1 aromatic rings. The summed E-state index contributed by atoms with van der Waals surface area (Å²) in [7, 11) is 1.59. The zero-order valence-electron chi connectivity index (χ0n) is 12.5. The number of hydrogen-bond acceptors (Lipinski definition) is 3. The Morgan fingerprint density at radius 3 is 2.52 bits per heavy atom. The third kappa shape index (κ3) is 2.27. The van der Waals surface area contributed by atoms with E-state index in [2.05, 4.69) is 5.32 Å². The molecular weight excluding hydrogens is 280 g/mol. The molecule has 1 aliphatic carbocycles. The average Bonchev–Trinajstić information content (AvgIpc) is 2.42. The first-order chi connectivity index (χ1) is 9.64. The van der Waals surface area contributed by atoms with Gasteiger partial charge >= 0.3 is 0 Å². The number of nitrogens with one attached hydrogen (secondary N) is 1. The monoisotopic (exact) mass is 299 g/mol. The van der Waals surface area contributed by atoms with Crippen LogP contribution in [0.4, 0.5) is 8.78 Å². The zero-order valence-corrected chi connectivity index (χ0v) is 12.5. The lowest BCUT2D eigenvalue weighted by atomic mass is 9.56. The van der Waals surface area contributed by atoms with Crippen molar-refractivity contribution in [3.05, 3.63) is 29.3 Å². The van der Waals surface area contributed by atoms with Crippen LogP contribution in [0, 0.1) is 17.0 Å². The Hall–Kier alpha value is -1.69. The van der Waals surface area contributed by atoms with E-state index in [4.69, 9.17) is 4.74 Å². The van der Waals surface area contributed by atoms with Crippen LogP contribution in [0.3, 0.4) is 0 Å². The van der Waals surface area contributed by atoms with Gasteiger partial charge in [0.1, 0.15) is 11.4 Å². The number of ether oxygens (including phenoxy) is 1. The van der Waals surface area contributed by atoms with Crippen molar-refractivity contribution in [2.75, 3.05) is 7.11 Å². The molecule has 0 bridgehead atoms. The molecule has 0 spiro atoms. The number of benzene rings is 1. The van der Waals surface area contributed by atoms with E-state index in [1.165, 1.54) is 0 Å². The van der Waals surface area contributed by atoms with Gasteiger partial charge in [0, 0.05) is 18.6 Å². The summed E-state index contributed by atoms with van der Waals surface area (Å²) in [6.45, 7) is 5.76. The van der Waals surface area contributed by atoms with Crippen LogP contribution in [0.1, 0.15) is 37.6 Å². The smallest absolute Gasteiger partial charge is 0.257 e. The van der Waals surface area contributed by atoms with Crippen LogP contribution in [0.2, 0.25) is 0 Å². The van der Waals surface area contributed by atoms with Crippen molar-refractivity contribution in [3.8, 4) is 5.75 Å². The van der Waals surface area contributed by atoms with Crippen molar-refractivity contribution >= 4 is 5.91 Å². The molecule has 0 aliphatic heterocycles. The maximum Gasteiger partial charge on any atom is 0.257 e. The summed E-state index contributed by atoms with van der Waals surface area (Å²) in [6, 6.07) is 1.46. The summed E-state index contributed by atoms with van der Waals surface area (Å²) in [4.78, 5) is 12.1. The highest BCUT2D eigenvalue weighted by atomic mass is 19.1. The number of carbonyl (C=O) groups is 1. The molecule has 0 unspecified atom stereocenters. The zero-order chi connectivity index (χ0) is 16.0. The molecule has 6 heteroatoms. The van der Waals surface area contributed by atoms with E-state index >= 15 is 0 Å². The first-order valence-electron chi connectivity index (χ1n) is 6.67. The Kier molecular flexibility index (Phi) is 3.70. The van der Waals surface area contributed by atoms with E-state index in [-0.39, 0.29) is 11.5 Å². The molecule has 4 nitrogen and oxygen atoms in total. The largest absolute Gasteiger partial charge is 0.505 e. The molecule has 1 aliphatic rings. The number of carbonyl (C=O) groups excluding carboxylic acids is 1. The van der Waals surface area contributed by atoms with E-state index in [1.54, 1.807) is 7.11 Å². The normalized spacial score (nSPS) is 27.0. The minimum Gasteiger partial charge on any atom is -0.505 e. The maximum absolute atomic E-state index is 13.7. The van der Waals surface area contributed by atoms with E-state index < -0.39 is 34.5 Å². The van der Waals surface area contributed by atoms with E-state index in [9.17, 15) is 18.7 Å². The van der Waals surface area contributed by atoms with Crippen LogP contribution in [-0.4, -0.2) is 29.8 Å². The summed E-state index contributed by atoms with van der Waals surface area (Å²) in [5, 5.41) is 11.9. The molecule has 1 aromatic carbocycles. The molecule has 1 saturated carbocycles. The molecule has 1 fully saturated rings. The van der Waals surface area contributed by atoms with Crippen molar-refractivity contribution in [1.82, 2.24) is 5.32 Å². The summed E-state index contributed by atoms with van der Waals surface area (Å²) >= 11 is 0. The van der Waals surface area contributed by atoms with Crippen LogP contribution < -0.4 is 5.32 Å². The predicted molar refractivity (Wildman–Crippen MR) is 73.1 cm³/mol. The van der Waals surface area contributed by atoms with Gasteiger partial charge in [-0.15, -0.1) is 0 Å². The molecule has 0 aromatic heterocycles. The number of halogens is 2. The van der Waals surface area contributed by atoms with Gasteiger partial charge in [-0.1, -0.05) is 13.8 Å². The summed E-state index contributed by atoms with van der Waals surface area (Å²) in [5.41, 5.74) is -1.54. The fourth-order valence-corrected chi connectivity index (χ4v) is 2.70. The van der Waals surface area contributed by atoms with Crippen molar-refractivity contribution in [2.24, 2.45) is 5.41 Å². The van der Waals surface area contributed by atoms with E-state index in [0.29, 0.717) is 6.42 Å². The topological polar surface area (TPSA) is 58.6 Å². The van der Waals surface area contributed by atoms with Crippen LogP contribution in [0.5, 0.6) is 5.75 Å². The Balaban J connectivity index is 2.20. The number of rotatable bonds is 3. The van der Waals surface area contributed by atoms with Gasteiger partial charge in [-0.2, -0.15) is 0 Å². The van der Waals surface area contributed by atoms with Crippen molar-refractivity contribution < 1.29 is 23.4 Å². The van der Waals surface area contributed by atoms with E-state index in [0.717, 1.165) is 12.1 Å². The molecule has 21 heavy (non-hydrogen) atoms. The molecule has 2 N–H and O–H groups in total. The number of aromatic hydroxyl groups is 1. The maximum atomic E-state index is 13.7. The van der Waals surface area contributed by atoms with Crippen molar-refractivity contribution in [1.29, 1.82) is 0 Å². The van der Waals surface area contributed by atoms with Gasteiger partial charge in [0.15, 0.2) is 11.6 Å². The number of phenols is 1. The third-order valence-corrected chi connectivity index (χ3v) is 4.88. The minimum absolute atomic E-state index is 0.268. The van der Waals surface area contributed by atoms with Gasteiger partial charge in [-0.05, 0) is 25.5 Å². The molecule has 0 heterocycles. The number of hydrogen-bond donors (Lipinski definition) is 2. The Morgan fingerprint density at radius 2 is 2.00 bits per heavy atom. The fourth-order valence-electron chi connectivity index (χ4n) is 2.70. The molecular formula is C15H19F2NO3. The first kappa shape index (κ1) is 15.7. The molecule has 0 saturated heterocycles. The molecule has 0 radical (unpaired) electrons. The molecule has 2 atom stereocenters. The van der Waals surface area contributed by atoms with E-state index in [1.807, 2.05) is 20.8 Å². The van der Waals surface area contributed by atoms with Gasteiger partial charge in [-0.25, -0.2) is 8.78 Å². The standard InChI is InChI=1S/C15H19F2NO3/c1-14(2)10(7-15(14,3)21-4)18-13(20)11-8(16)5-6-9(19)12(11)17/h5-6,10,19H,7H2,1-4H3,(H,18,20)/t10-,15+/m0/s1. The minimum atomic E-state index is -1.25. The van der Waals surface area contributed by atoms with Gasteiger partial charge in [0.2, 0.25) is 0 Å². The average molecular weight is 299 g/mol. The lowest BCUT2D eigenvalue weighted by Crippen LogP contribution is -2.68. The van der Waals surface area contributed by atoms with Gasteiger partial charge in [0.05, 0.1) is 5.60 Å². The first-order valence-corrected chi connectivity index (χ1v) is 6.67. The molecule has 2 rings (SSSR count). The second kappa shape index (κ2) is 4.94. The number of amides is 1. The highest BCUT2D eigenvalue weighted by Gasteiger charge is 2.58. The van der Waals surface area contributed by atoms with Crippen LogP contribution in [-0.2, 0) is 4.74 Å². The predicted octanol–water partition coefficient (Wildman–Crippen LogP) is 2.60. The Bertz CT molecular complexity index is 589.